The quantitative estimate of drug-likeness (QED) is 0.880. The molecule has 0 aliphatic rings. The van der Waals surface area contributed by atoms with E-state index in [1.54, 1.807) is 0 Å². The van der Waals surface area contributed by atoms with Crippen LogP contribution in [0.25, 0.3) is 0 Å². The van der Waals surface area contributed by atoms with Crippen molar-refractivity contribution in [3.05, 3.63) is 34.9 Å². The van der Waals surface area contributed by atoms with Gasteiger partial charge in [-0.05, 0) is 33.4 Å². The second kappa shape index (κ2) is 5.88. The van der Waals surface area contributed by atoms with Crippen LogP contribution in [0.15, 0.2) is 12.3 Å². The lowest BCUT2D eigenvalue weighted by atomic mass is 10.0. The normalized spacial score (nSPS) is 12.6. The van der Waals surface area contributed by atoms with E-state index in [0.29, 0.717) is 0 Å². The Kier molecular flexibility index (Phi) is 4.21. The van der Waals surface area contributed by atoms with Gasteiger partial charge in [-0.1, -0.05) is 12.1 Å². The number of hydrogen-bond acceptors (Lipinski definition) is 5. The Bertz CT molecular complexity index is 548. The maximum atomic E-state index is 4.19. The lowest BCUT2D eigenvalue weighted by Crippen LogP contribution is -2.23. The van der Waals surface area contributed by atoms with Crippen LogP contribution in [0.1, 0.15) is 42.0 Å². The molecule has 2 heterocycles. The fourth-order valence-corrected chi connectivity index (χ4v) is 2.20. The summed E-state index contributed by atoms with van der Waals surface area (Å²) < 4.78 is 1.94. The highest BCUT2D eigenvalue weighted by atomic mass is 15.4. The first-order chi connectivity index (χ1) is 9.17. The molecule has 6 nitrogen and oxygen atoms in total. The second-order valence-corrected chi connectivity index (χ2v) is 4.63. The van der Waals surface area contributed by atoms with E-state index >= 15 is 0 Å². The van der Waals surface area contributed by atoms with E-state index in [1.165, 1.54) is 0 Å². The van der Waals surface area contributed by atoms with E-state index < -0.39 is 0 Å². The molecule has 0 radical (unpaired) electrons. The van der Waals surface area contributed by atoms with Crippen molar-refractivity contribution in [1.29, 1.82) is 0 Å². The Labute approximate surface area is 113 Å². The second-order valence-electron chi connectivity index (χ2n) is 4.63. The van der Waals surface area contributed by atoms with Crippen LogP contribution in [-0.2, 0) is 6.54 Å². The number of aromatic nitrogens is 5. The third kappa shape index (κ3) is 2.78. The molecule has 0 spiro atoms. The zero-order chi connectivity index (χ0) is 13.8. The summed E-state index contributed by atoms with van der Waals surface area (Å²) in [5, 5.41) is 19.8. The molecular formula is C13H20N6. The molecule has 0 saturated carbocycles. The van der Waals surface area contributed by atoms with E-state index in [4.69, 9.17) is 0 Å². The van der Waals surface area contributed by atoms with Crippen LogP contribution in [0.2, 0.25) is 0 Å². The van der Waals surface area contributed by atoms with Gasteiger partial charge in [-0.3, -0.25) is 0 Å². The summed E-state index contributed by atoms with van der Waals surface area (Å²) in [6.45, 7) is 6.91. The van der Waals surface area contributed by atoms with Gasteiger partial charge in [-0.15, -0.1) is 5.10 Å². The summed E-state index contributed by atoms with van der Waals surface area (Å²) >= 11 is 0. The zero-order valence-electron chi connectivity index (χ0n) is 11.9. The maximum absolute atomic E-state index is 4.19. The molecule has 1 unspecified atom stereocenters. The van der Waals surface area contributed by atoms with Crippen molar-refractivity contribution in [2.45, 2.75) is 39.8 Å². The van der Waals surface area contributed by atoms with E-state index in [1.807, 2.05) is 31.8 Å². The lowest BCUT2D eigenvalue weighted by Gasteiger charge is -2.19. The molecule has 0 aromatic carbocycles. The van der Waals surface area contributed by atoms with Gasteiger partial charge in [-0.2, -0.15) is 10.2 Å². The van der Waals surface area contributed by atoms with Crippen molar-refractivity contribution in [3.8, 4) is 0 Å². The first-order valence-corrected chi connectivity index (χ1v) is 6.53. The van der Waals surface area contributed by atoms with Crippen LogP contribution in [0.3, 0.4) is 0 Å². The van der Waals surface area contributed by atoms with Gasteiger partial charge in [0.05, 0.1) is 29.3 Å². The molecule has 102 valence electrons. The predicted molar refractivity (Wildman–Crippen MR) is 72.7 cm³/mol. The molecule has 2 aromatic rings. The molecule has 1 N–H and O–H groups in total. The minimum Gasteiger partial charge on any atom is -0.308 e. The predicted octanol–water partition coefficient (Wildman–Crippen LogP) is 1.40. The van der Waals surface area contributed by atoms with Crippen LogP contribution < -0.4 is 5.32 Å². The van der Waals surface area contributed by atoms with Gasteiger partial charge >= 0.3 is 0 Å². The van der Waals surface area contributed by atoms with E-state index in [9.17, 15) is 0 Å². The first kappa shape index (κ1) is 13.6. The topological polar surface area (TPSA) is 68.5 Å². The molecule has 0 bridgehead atoms. The van der Waals surface area contributed by atoms with E-state index in [2.05, 4.69) is 38.8 Å². The minimum atomic E-state index is 0.0377. The van der Waals surface area contributed by atoms with Crippen molar-refractivity contribution in [2.75, 3.05) is 7.05 Å². The Hall–Kier alpha value is -1.82. The number of rotatable bonds is 5. The fourth-order valence-electron chi connectivity index (χ4n) is 2.20. The van der Waals surface area contributed by atoms with E-state index in [-0.39, 0.29) is 6.04 Å². The van der Waals surface area contributed by atoms with Crippen LogP contribution in [0, 0.1) is 13.8 Å². The fraction of sp³-hybridized carbons (Fsp3) is 0.538. The Morgan fingerprint density at radius 3 is 2.79 bits per heavy atom. The van der Waals surface area contributed by atoms with Gasteiger partial charge in [0, 0.05) is 12.1 Å². The van der Waals surface area contributed by atoms with Gasteiger partial charge in [0.2, 0.25) is 0 Å². The molecule has 0 fully saturated rings. The van der Waals surface area contributed by atoms with Gasteiger partial charge in [0.25, 0.3) is 0 Å². The summed E-state index contributed by atoms with van der Waals surface area (Å²) in [5.74, 6) is 0. The molecule has 0 amide bonds. The average Bonchev–Trinajstić information content (AvgIpc) is 2.83. The van der Waals surface area contributed by atoms with Crippen LogP contribution in [0.5, 0.6) is 0 Å². The first-order valence-electron chi connectivity index (χ1n) is 6.53. The Morgan fingerprint density at radius 2 is 2.11 bits per heavy atom. The summed E-state index contributed by atoms with van der Waals surface area (Å²) in [4.78, 5) is 0. The Morgan fingerprint density at radius 1 is 1.32 bits per heavy atom. The summed E-state index contributed by atoms with van der Waals surface area (Å²) in [5.41, 5.74) is 4.01. The van der Waals surface area contributed by atoms with Gasteiger partial charge in [0.1, 0.15) is 0 Å². The molecule has 6 heteroatoms. The third-order valence-corrected chi connectivity index (χ3v) is 3.12. The van der Waals surface area contributed by atoms with Crippen molar-refractivity contribution in [3.63, 3.8) is 0 Å². The monoisotopic (exact) mass is 260 g/mol. The number of nitrogens with one attached hydrogen (secondary N) is 1. The number of hydrogen-bond donors (Lipinski definition) is 1. The molecule has 0 aliphatic heterocycles. The van der Waals surface area contributed by atoms with Gasteiger partial charge < -0.3 is 5.32 Å². The van der Waals surface area contributed by atoms with Gasteiger partial charge in [-0.25, -0.2) is 4.68 Å². The van der Waals surface area contributed by atoms with Crippen LogP contribution in [-0.4, -0.2) is 32.2 Å². The number of nitrogens with zero attached hydrogens (tertiary/aromatic N) is 5. The number of aryl methyl sites for hydroxylation is 3. The zero-order valence-corrected chi connectivity index (χ0v) is 11.9. The lowest BCUT2D eigenvalue weighted by molar-refractivity contribution is 0.521. The van der Waals surface area contributed by atoms with Crippen LogP contribution >= 0.6 is 0 Å². The highest BCUT2D eigenvalue weighted by molar-refractivity contribution is 5.30. The van der Waals surface area contributed by atoms with Crippen molar-refractivity contribution < 1.29 is 0 Å². The third-order valence-electron chi connectivity index (χ3n) is 3.12. The summed E-state index contributed by atoms with van der Waals surface area (Å²) in [6, 6.07) is 2.10. The highest BCUT2D eigenvalue weighted by Gasteiger charge is 2.20. The molecule has 2 rings (SSSR count). The SMILES string of the molecule is CCCn1nncc1C(NC)c1cc(C)nnc1C. The maximum Gasteiger partial charge on any atom is 0.0802 e. The molecular weight excluding hydrogens is 240 g/mol. The Balaban J connectivity index is 2.44. The van der Waals surface area contributed by atoms with Gasteiger partial charge in [0.15, 0.2) is 0 Å². The molecule has 19 heavy (non-hydrogen) atoms. The average molecular weight is 260 g/mol. The highest BCUT2D eigenvalue weighted by Crippen LogP contribution is 2.23. The minimum absolute atomic E-state index is 0.0377. The standard InChI is InChI=1S/C13H20N6/c1-5-6-19-12(8-15-18-19)13(14-4)11-7-9(2)16-17-10(11)3/h7-8,13-14H,5-6H2,1-4H3. The molecule has 0 aliphatic carbocycles. The van der Waals surface area contributed by atoms with Crippen molar-refractivity contribution >= 4 is 0 Å². The molecule has 2 aromatic heterocycles. The van der Waals surface area contributed by atoms with E-state index in [0.717, 1.165) is 35.6 Å². The largest absolute Gasteiger partial charge is 0.308 e. The smallest absolute Gasteiger partial charge is 0.0802 e. The van der Waals surface area contributed by atoms with Crippen molar-refractivity contribution in [1.82, 2.24) is 30.5 Å². The van der Waals surface area contributed by atoms with Crippen LogP contribution in [0.4, 0.5) is 0 Å². The summed E-state index contributed by atoms with van der Waals surface area (Å²) in [7, 11) is 1.93. The van der Waals surface area contributed by atoms with Crippen molar-refractivity contribution in [2.24, 2.45) is 0 Å². The molecule has 0 saturated heterocycles. The molecule has 1 atom stereocenters. The summed E-state index contributed by atoms with van der Waals surface area (Å²) in [6.07, 6.45) is 2.84.